The monoisotopic (exact) mass is 368 g/mol. The first-order valence-corrected chi connectivity index (χ1v) is 9.81. The summed E-state index contributed by atoms with van der Waals surface area (Å²) in [4.78, 5) is 30.7. The van der Waals surface area contributed by atoms with E-state index in [0.29, 0.717) is 25.9 Å². The van der Waals surface area contributed by atoms with E-state index in [-0.39, 0.29) is 11.8 Å². The summed E-state index contributed by atoms with van der Waals surface area (Å²) in [7, 11) is 0. The lowest BCUT2D eigenvalue weighted by atomic mass is 10.2. The van der Waals surface area contributed by atoms with E-state index in [1.165, 1.54) is 18.9 Å². The summed E-state index contributed by atoms with van der Waals surface area (Å²) >= 11 is 0. The molecule has 1 aliphatic heterocycles. The second kappa shape index (κ2) is 9.35. The van der Waals surface area contributed by atoms with Gasteiger partial charge in [-0.05, 0) is 31.1 Å². The van der Waals surface area contributed by atoms with Gasteiger partial charge in [-0.25, -0.2) is 4.98 Å². The van der Waals surface area contributed by atoms with Crippen molar-refractivity contribution < 1.29 is 9.59 Å². The van der Waals surface area contributed by atoms with E-state index < -0.39 is 0 Å². The lowest BCUT2D eigenvalue weighted by Gasteiger charge is -2.20. The normalized spacial score (nSPS) is 14.7. The van der Waals surface area contributed by atoms with Gasteiger partial charge in [0.1, 0.15) is 5.82 Å². The number of aryl methyl sites for hydroxylation is 1. The Balaban J connectivity index is 1.69. The lowest BCUT2D eigenvalue weighted by Crippen LogP contribution is -2.32. The molecule has 0 aliphatic carbocycles. The number of amides is 2. The van der Waals surface area contributed by atoms with Crippen LogP contribution in [0.2, 0.25) is 0 Å². The van der Waals surface area contributed by atoms with Gasteiger partial charge in [0.05, 0.1) is 11.0 Å². The number of nitrogens with zero attached hydrogens (tertiary/aromatic N) is 3. The van der Waals surface area contributed by atoms with Crippen molar-refractivity contribution in [1.82, 2.24) is 19.8 Å². The maximum atomic E-state index is 12.7. The molecule has 0 saturated carbocycles. The van der Waals surface area contributed by atoms with Gasteiger partial charge >= 0.3 is 0 Å². The smallest absolute Gasteiger partial charge is 0.243 e. The van der Waals surface area contributed by atoms with Gasteiger partial charge in [-0.1, -0.05) is 31.6 Å². The first-order chi connectivity index (χ1) is 13.2. The highest BCUT2D eigenvalue weighted by Gasteiger charge is 2.17. The molecule has 2 heterocycles. The second-order valence-electron chi connectivity index (χ2n) is 6.96. The molecule has 0 spiro atoms. The Kier molecular flexibility index (Phi) is 6.63. The molecule has 1 aliphatic rings. The number of fused-ring (bicyclic) bond motifs is 1. The summed E-state index contributed by atoms with van der Waals surface area (Å²) < 4.78 is 2.12. The molecule has 1 aromatic heterocycles. The average Bonchev–Trinajstić information content (AvgIpc) is 2.85. The van der Waals surface area contributed by atoms with Gasteiger partial charge < -0.3 is 14.8 Å². The van der Waals surface area contributed by atoms with Crippen molar-refractivity contribution in [3.8, 4) is 0 Å². The maximum absolute atomic E-state index is 12.7. The molecule has 1 fully saturated rings. The molecular weight excluding hydrogens is 340 g/mol. The molecule has 0 unspecified atom stereocenters. The fraction of sp³-hybridized carbons (Fsp3) is 0.476. The quantitative estimate of drug-likeness (QED) is 0.764. The molecule has 2 aromatic rings. The Hall–Kier alpha value is -2.63. The Labute approximate surface area is 160 Å². The number of likely N-dealkylation sites (tertiary alicyclic amines) is 1. The van der Waals surface area contributed by atoms with Crippen molar-refractivity contribution in [2.24, 2.45) is 0 Å². The van der Waals surface area contributed by atoms with Crippen molar-refractivity contribution >= 4 is 22.8 Å². The minimum Gasteiger partial charge on any atom is -0.352 e. The van der Waals surface area contributed by atoms with E-state index in [4.69, 9.17) is 4.98 Å². The largest absolute Gasteiger partial charge is 0.352 e. The van der Waals surface area contributed by atoms with Crippen LogP contribution in [0.25, 0.3) is 11.0 Å². The Bertz CT molecular complexity index is 804. The zero-order valence-corrected chi connectivity index (χ0v) is 15.8. The van der Waals surface area contributed by atoms with Crippen molar-refractivity contribution in [2.75, 3.05) is 19.6 Å². The van der Waals surface area contributed by atoms with Gasteiger partial charge in [0, 0.05) is 39.0 Å². The first-order valence-electron chi connectivity index (χ1n) is 9.81. The fourth-order valence-electron chi connectivity index (χ4n) is 3.62. The molecule has 0 radical (unpaired) electrons. The van der Waals surface area contributed by atoms with Crippen LogP contribution in [0, 0.1) is 0 Å². The van der Waals surface area contributed by atoms with Gasteiger partial charge in [-0.3, -0.25) is 9.59 Å². The van der Waals surface area contributed by atoms with Crippen LogP contribution in [0.4, 0.5) is 0 Å². The van der Waals surface area contributed by atoms with Gasteiger partial charge in [0.2, 0.25) is 11.8 Å². The first kappa shape index (κ1) is 19.1. The van der Waals surface area contributed by atoms with Crippen molar-refractivity contribution in [1.29, 1.82) is 0 Å². The Morgan fingerprint density at radius 2 is 1.89 bits per heavy atom. The van der Waals surface area contributed by atoms with E-state index in [0.717, 1.165) is 42.8 Å². The molecule has 27 heavy (non-hydrogen) atoms. The van der Waals surface area contributed by atoms with Crippen LogP contribution >= 0.6 is 0 Å². The third-order valence-electron chi connectivity index (χ3n) is 5.07. The average molecular weight is 368 g/mol. The molecule has 1 saturated heterocycles. The number of carbonyl (C=O) groups is 2. The number of nitrogens with one attached hydrogen (secondary N) is 1. The van der Waals surface area contributed by atoms with Crippen LogP contribution in [-0.4, -0.2) is 45.9 Å². The molecule has 3 rings (SSSR count). The zero-order valence-electron chi connectivity index (χ0n) is 15.8. The fourth-order valence-corrected chi connectivity index (χ4v) is 3.62. The number of imidazole rings is 1. The number of hydrogen-bond donors (Lipinski definition) is 1. The molecule has 2 amide bonds. The topological polar surface area (TPSA) is 67.2 Å². The lowest BCUT2D eigenvalue weighted by molar-refractivity contribution is -0.131. The summed E-state index contributed by atoms with van der Waals surface area (Å²) in [5.74, 6) is 0.929. The SMILES string of the molecule is C=CC(=O)NCCc1nc2ccccc2n1CCC(=O)N1CCCCCC1. The van der Waals surface area contributed by atoms with Gasteiger partial charge in [0.25, 0.3) is 0 Å². The van der Waals surface area contributed by atoms with Gasteiger partial charge in [0.15, 0.2) is 0 Å². The van der Waals surface area contributed by atoms with Crippen LogP contribution in [-0.2, 0) is 22.6 Å². The van der Waals surface area contributed by atoms with E-state index in [1.807, 2.05) is 29.2 Å². The minimum absolute atomic E-state index is 0.186. The maximum Gasteiger partial charge on any atom is 0.243 e. The minimum atomic E-state index is -0.186. The number of hydrogen-bond acceptors (Lipinski definition) is 3. The predicted molar refractivity (Wildman–Crippen MR) is 106 cm³/mol. The number of carbonyl (C=O) groups excluding carboxylic acids is 2. The summed E-state index contributed by atoms with van der Waals surface area (Å²) in [6, 6.07) is 7.96. The molecule has 1 aromatic carbocycles. The molecule has 6 nitrogen and oxygen atoms in total. The third-order valence-corrected chi connectivity index (χ3v) is 5.07. The number of benzene rings is 1. The summed E-state index contributed by atoms with van der Waals surface area (Å²) in [5.41, 5.74) is 1.95. The van der Waals surface area contributed by atoms with Crippen LogP contribution in [0.5, 0.6) is 0 Å². The Morgan fingerprint density at radius 1 is 1.15 bits per heavy atom. The van der Waals surface area contributed by atoms with Crippen molar-refractivity contribution in [3.63, 3.8) is 0 Å². The number of para-hydroxylation sites is 2. The zero-order chi connectivity index (χ0) is 19.1. The van der Waals surface area contributed by atoms with E-state index in [1.54, 1.807) is 0 Å². The Morgan fingerprint density at radius 3 is 2.63 bits per heavy atom. The highest BCUT2D eigenvalue weighted by atomic mass is 16.2. The molecule has 6 heteroatoms. The highest BCUT2D eigenvalue weighted by Crippen LogP contribution is 2.18. The van der Waals surface area contributed by atoms with Crippen molar-refractivity contribution in [2.45, 2.75) is 45.1 Å². The predicted octanol–water partition coefficient (Wildman–Crippen LogP) is 2.67. The standard InChI is InChI=1S/C21H28N4O2/c1-2-20(26)22-13-11-19-23-17-9-5-6-10-18(17)25(19)16-12-21(27)24-14-7-3-4-8-15-24/h2,5-6,9-10H,1,3-4,7-8,11-16H2,(H,22,26). The van der Waals surface area contributed by atoms with Gasteiger partial charge in [-0.2, -0.15) is 0 Å². The molecule has 0 bridgehead atoms. The molecule has 1 N–H and O–H groups in total. The van der Waals surface area contributed by atoms with Crippen LogP contribution in [0.1, 0.15) is 37.9 Å². The number of aromatic nitrogens is 2. The van der Waals surface area contributed by atoms with Crippen LogP contribution in [0.3, 0.4) is 0 Å². The molecule has 0 atom stereocenters. The van der Waals surface area contributed by atoms with Crippen LogP contribution < -0.4 is 5.32 Å². The second-order valence-corrected chi connectivity index (χ2v) is 6.96. The summed E-state index contributed by atoms with van der Waals surface area (Å²) in [6.45, 7) is 6.33. The number of rotatable bonds is 7. The molecule has 144 valence electrons. The van der Waals surface area contributed by atoms with Crippen molar-refractivity contribution in [3.05, 3.63) is 42.7 Å². The van der Waals surface area contributed by atoms with E-state index in [9.17, 15) is 9.59 Å². The van der Waals surface area contributed by atoms with Crippen LogP contribution in [0.15, 0.2) is 36.9 Å². The highest BCUT2D eigenvalue weighted by molar-refractivity contribution is 5.86. The van der Waals surface area contributed by atoms with Gasteiger partial charge in [-0.15, -0.1) is 0 Å². The van der Waals surface area contributed by atoms with E-state index in [2.05, 4.69) is 16.5 Å². The molecular formula is C21H28N4O2. The summed E-state index contributed by atoms with van der Waals surface area (Å²) in [6.07, 6.45) is 7.01. The summed E-state index contributed by atoms with van der Waals surface area (Å²) in [5, 5.41) is 2.79. The van der Waals surface area contributed by atoms with E-state index >= 15 is 0 Å². The third kappa shape index (κ3) is 4.96.